The van der Waals surface area contributed by atoms with E-state index in [-0.39, 0.29) is 29.5 Å². The van der Waals surface area contributed by atoms with Crippen LogP contribution >= 0.6 is 0 Å². The van der Waals surface area contributed by atoms with Gasteiger partial charge in [0.1, 0.15) is 5.72 Å². The number of aliphatic hydroxyl groups is 2. The van der Waals surface area contributed by atoms with Crippen molar-refractivity contribution in [3.05, 3.63) is 0 Å². The highest BCUT2D eigenvalue weighted by molar-refractivity contribution is 5.19. The quantitative estimate of drug-likeness (QED) is 0.534. The van der Waals surface area contributed by atoms with Crippen LogP contribution in [0, 0.1) is 52.3 Å². The van der Waals surface area contributed by atoms with E-state index >= 15 is 0 Å². The second-order valence-corrected chi connectivity index (χ2v) is 13.4. The lowest BCUT2D eigenvalue weighted by Crippen LogP contribution is -2.59. The standard InChI is InChI=1S/C27H45NO3/c1-15-7-12-27(28-14-15)16(2)21-24(31-27)23(30)22-19-6-5-17-13-18(29)8-10-25(17,3)20(19)9-11-26(21,22)4/h15-24,28-30H,5-14H2,1-4H3/t15-,16-,17-,18-,19+,20-,21-,22+,23?,24+,25-,26+,27-/m0/s1. The lowest BCUT2D eigenvalue weighted by molar-refractivity contribution is -0.170. The summed E-state index contributed by atoms with van der Waals surface area (Å²) in [6.45, 7) is 10.8. The van der Waals surface area contributed by atoms with Gasteiger partial charge in [0.25, 0.3) is 0 Å². The first-order chi connectivity index (χ1) is 14.7. The molecule has 0 radical (unpaired) electrons. The zero-order valence-electron chi connectivity index (χ0n) is 20.1. The van der Waals surface area contributed by atoms with E-state index in [1.165, 1.54) is 38.5 Å². The second kappa shape index (κ2) is 6.93. The molecular formula is C27H45NO3. The minimum Gasteiger partial charge on any atom is -0.393 e. The summed E-state index contributed by atoms with van der Waals surface area (Å²) in [6, 6.07) is 0. The van der Waals surface area contributed by atoms with E-state index in [9.17, 15) is 10.2 Å². The van der Waals surface area contributed by atoms with E-state index in [1.807, 2.05) is 0 Å². The van der Waals surface area contributed by atoms with Crippen molar-refractivity contribution in [1.29, 1.82) is 0 Å². The molecular weight excluding hydrogens is 386 g/mol. The third-order valence-corrected chi connectivity index (χ3v) is 12.1. The van der Waals surface area contributed by atoms with Crippen LogP contribution < -0.4 is 5.32 Å². The smallest absolute Gasteiger partial charge is 0.122 e. The molecule has 1 spiro atoms. The fourth-order valence-electron chi connectivity index (χ4n) is 10.5. The SMILES string of the molecule is C[C@H]1CC[C@]2(NC1)O[C@H]1C(O)[C@H]3[C@@H]4CC[C@H]5C[C@@H](O)CC[C@]5(C)[C@H]4CC[C@]3(C)[C@H]1[C@@H]2C. The predicted molar refractivity (Wildman–Crippen MR) is 121 cm³/mol. The summed E-state index contributed by atoms with van der Waals surface area (Å²) >= 11 is 0. The molecule has 0 amide bonds. The highest BCUT2D eigenvalue weighted by Gasteiger charge is 2.71. The molecule has 6 rings (SSSR count). The summed E-state index contributed by atoms with van der Waals surface area (Å²) in [5.41, 5.74) is 0.336. The van der Waals surface area contributed by atoms with Crippen LogP contribution in [0.5, 0.6) is 0 Å². The van der Waals surface area contributed by atoms with Gasteiger partial charge in [-0.15, -0.1) is 0 Å². The maximum absolute atomic E-state index is 11.8. The average Bonchev–Trinajstić information content (AvgIpc) is 3.14. The minimum absolute atomic E-state index is 0.00311. The number of rotatable bonds is 0. The molecule has 3 N–H and O–H groups in total. The average molecular weight is 432 g/mol. The third kappa shape index (κ3) is 2.74. The topological polar surface area (TPSA) is 61.7 Å². The zero-order chi connectivity index (χ0) is 21.8. The summed E-state index contributed by atoms with van der Waals surface area (Å²) in [7, 11) is 0. The van der Waals surface area contributed by atoms with E-state index in [0.717, 1.165) is 31.7 Å². The van der Waals surface area contributed by atoms with Gasteiger partial charge >= 0.3 is 0 Å². The monoisotopic (exact) mass is 431 g/mol. The summed E-state index contributed by atoms with van der Waals surface area (Å²) in [5.74, 6) is 4.04. The Labute approximate surface area is 188 Å². The molecule has 1 unspecified atom stereocenters. The molecule has 13 atom stereocenters. The number of fused-ring (bicyclic) bond motifs is 7. The predicted octanol–water partition coefficient (Wildman–Crippen LogP) is 4.34. The molecule has 176 valence electrons. The lowest BCUT2D eigenvalue weighted by Gasteiger charge is -2.61. The van der Waals surface area contributed by atoms with E-state index < -0.39 is 0 Å². The maximum atomic E-state index is 11.8. The third-order valence-electron chi connectivity index (χ3n) is 12.1. The minimum atomic E-state index is -0.319. The van der Waals surface area contributed by atoms with Gasteiger partial charge < -0.3 is 14.9 Å². The van der Waals surface area contributed by atoms with E-state index in [0.29, 0.717) is 40.9 Å². The lowest BCUT2D eigenvalue weighted by atomic mass is 9.44. The molecule has 4 saturated carbocycles. The van der Waals surface area contributed by atoms with Crippen molar-refractivity contribution in [2.45, 2.75) is 110 Å². The first-order valence-electron chi connectivity index (χ1n) is 13.5. The zero-order valence-corrected chi connectivity index (χ0v) is 20.1. The van der Waals surface area contributed by atoms with Crippen molar-refractivity contribution < 1.29 is 14.9 Å². The summed E-state index contributed by atoms with van der Waals surface area (Å²) < 4.78 is 6.88. The van der Waals surface area contributed by atoms with E-state index in [1.54, 1.807) is 0 Å². The van der Waals surface area contributed by atoms with Crippen LogP contribution in [-0.4, -0.2) is 40.8 Å². The van der Waals surface area contributed by atoms with Gasteiger partial charge in [0.05, 0.1) is 18.3 Å². The molecule has 6 fully saturated rings. The first-order valence-corrected chi connectivity index (χ1v) is 13.5. The maximum Gasteiger partial charge on any atom is 0.122 e. The fourth-order valence-corrected chi connectivity index (χ4v) is 10.5. The van der Waals surface area contributed by atoms with Crippen LogP contribution in [0.3, 0.4) is 0 Å². The van der Waals surface area contributed by atoms with Crippen LogP contribution in [0.15, 0.2) is 0 Å². The Morgan fingerprint density at radius 3 is 2.39 bits per heavy atom. The van der Waals surface area contributed by atoms with Gasteiger partial charge in [0, 0.05) is 18.4 Å². The Balaban J connectivity index is 1.30. The van der Waals surface area contributed by atoms with Gasteiger partial charge in [-0.1, -0.05) is 27.7 Å². The van der Waals surface area contributed by atoms with Crippen molar-refractivity contribution in [1.82, 2.24) is 5.32 Å². The van der Waals surface area contributed by atoms with Gasteiger partial charge in [0.2, 0.25) is 0 Å². The summed E-state index contributed by atoms with van der Waals surface area (Å²) in [4.78, 5) is 0. The van der Waals surface area contributed by atoms with Crippen LogP contribution in [0.25, 0.3) is 0 Å². The van der Waals surface area contributed by atoms with Gasteiger partial charge in [-0.2, -0.15) is 0 Å². The molecule has 4 aliphatic carbocycles. The summed E-state index contributed by atoms with van der Waals surface area (Å²) in [5, 5.41) is 25.9. The molecule has 0 aromatic carbocycles. The highest BCUT2D eigenvalue weighted by Crippen LogP contribution is 2.71. The summed E-state index contributed by atoms with van der Waals surface area (Å²) in [6.07, 6.45) is 10.1. The van der Waals surface area contributed by atoms with Crippen LogP contribution in [0.2, 0.25) is 0 Å². The molecule has 6 aliphatic rings. The van der Waals surface area contributed by atoms with Gasteiger partial charge in [-0.25, -0.2) is 0 Å². The van der Waals surface area contributed by atoms with Crippen LogP contribution in [0.4, 0.5) is 0 Å². The number of hydrogen-bond donors (Lipinski definition) is 3. The molecule has 2 saturated heterocycles. The fraction of sp³-hybridized carbons (Fsp3) is 1.00. The molecule has 2 heterocycles. The van der Waals surface area contributed by atoms with Crippen molar-refractivity contribution in [3.63, 3.8) is 0 Å². The van der Waals surface area contributed by atoms with Crippen LogP contribution in [0.1, 0.15) is 85.5 Å². The van der Waals surface area contributed by atoms with Crippen molar-refractivity contribution in [2.24, 2.45) is 52.3 Å². The van der Waals surface area contributed by atoms with Gasteiger partial charge in [-0.3, -0.25) is 5.32 Å². The second-order valence-electron chi connectivity index (χ2n) is 13.4. The molecule has 2 aliphatic heterocycles. The Bertz CT molecular complexity index is 719. The Hall–Kier alpha value is -0.160. The largest absolute Gasteiger partial charge is 0.393 e. The highest BCUT2D eigenvalue weighted by atomic mass is 16.5. The van der Waals surface area contributed by atoms with E-state index in [2.05, 4.69) is 33.0 Å². The van der Waals surface area contributed by atoms with Crippen LogP contribution in [-0.2, 0) is 4.74 Å². The Morgan fingerprint density at radius 1 is 0.871 bits per heavy atom. The molecule has 0 bridgehead atoms. The number of ether oxygens (including phenoxy) is 1. The van der Waals surface area contributed by atoms with Crippen molar-refractivity contribution in [2.75, 3.05) is 6.54 Å². The molecule has 4 heteroatoms. The van der Waals surface area contributed by atoms with E-state index in [4.69, 9.17) is 4.74 Å². The van der Waals surface area contributed by atoms with Crippen molar-refractivity contribution >= 4 is 0 Å². The number of hydrogen-bond acceptors (Lipinski definition) is 4. The number of piperidine rings is 1. The Morgan fingerprint density at radius 2 is 1.65 bits per heavy atom. The molecule has 0 aromatic heterocycles. The van der Waals surface area contributed by atoms with Crippen molar-refractivity contribution in [3.8, 4) is 0 Å². The number of nitrogens with one attached hydrogen (secondary N) is 1. The first kappa shape index (κ1) is 21.4. The normalized spacial score (nSPS) is 63.3. The van der Waals surface area contributed by atoms with Gasteiger partial charge in [-0.05, 0) is 98.2 Å². The molecule has 31 heavy (non-hydrogen) atoms. The number of aliphatic hydroxyl groups excluding tert-OH is 2. The Kier molecular flexibility index (Phi) is 4.78. The van der Waals surface area contributed by atoms with Gasteiger partial charge in [0.15, 0.2) is 0 Å². The molecule has 0 aromatic rings. The molecule has 4 nitrogen and oxygen atoms in total.